The molecule has 3 amide bonds. The van der Waals surface area contributed by atoms with Gasteiger partial charge in [-0.15, -0.1) is 0 Å². The SMILES string of the molecule is CCC(C)C(NC(=O)C(C)NC(=O)C(Cc1ccc(O)cc1)NC(=O)C(N)CCCCN)C(=O)O. The van der Waals surface area contributed by atoms with Crippen molar-refractivity contribution in [3.05, 3.63) is 29.8 Å². The minimum absolute atomic E-state index is 0.0558. The van der Waals surface area contributed by atoms with E-state index in [2.05, 4.69) is 16.0 Å². The molecule has 0 aliphatic rings. The number of aliphatic carboxylic acids is 1. The summed E-state index contributed by atoms with van der Waals surface area (Å²) in [7, 11) is 0. The lowest BCUT2D eigenvalue weighted by molar-refractivity contribution is -0.143. The van der Waals surface area contributed by atoms with E-state index in [9.17, 15) is 29.4 Å². The fourth-order valence-corrected chi connectivity index (χ4v) is 3.34. The number of phenolic OH excluding ortho intramolecular Hbond substituents is 1. The summed E-state index contributed by atoms with van der Waals surface area (Å²) in [6.07, 6.45) is 2.43. The third kappa shape index (κ3) is 10.3. The van der Waals surface area contributed by atoms with Gasteiger partial charge in [-0.2, -0.15) is 0 Å². The number of aromatic hydroxyl groups is 1. The summed E-state index contributed by atoms with van der Waals surface area (Å²) in [4.78, 5) is 49.7. The van der Waals surface area contributed by atoms with Gasteiger partial charge < -0.3 is 37.6 Å². The number of amides is 3. The third-order valence-corrected chi connectivity index (χ3v) is 5.84. The maximum atomic E-state index is 13.0. The quantitative estimate of drug-likeness (QED) is 0.166. The molecule has 5 atom stereocenters. The largest absolute Gasteiger partial charge is 0.508 e. The van der Waals surface area contributed by atoms with Crippen LogP contribution in [0, 0.1) is 5.92 Å². The normalized spacial score (nSPS) is 15.2. The molecule has 0 radical (unpaired) electrons. The highest BCUT2D eigenvalue weighted by molar-refractivity contribution is 5.94. The van der Waals surface area contributed by atoms with E-state index in [0.29, 0.717) is 31.4 Å². The number of hydrogen-bond donors (Lipinski definition) is 7. The number of nitrogens with two attached hydrogens (primary N) is 2. The molecular formula is C24H39N5O6. The van der Waals surface area contributed by atoms with Crippen molar-refractivity contribution < 1.29 is 29.4 Å². The first kappa shape index (κ1) is 29.9. The second-order valence-electron chi connectivity index (χ2n) is 8.76. The Morgan fingerprint density at radius 1 is 0.943 bits per heavy atom. The Labute approximate surface area is 206 Å². The van der Waals surface area contributed by atoms with Crippen molar-refractivity contribution >= 4 is 23.7 Å². The van der Waals surface area contributed by atoms with Gasteiger partial charge in [-0.25, -0.2) is 4.79 Å². The predicted molar refractivity (Wildman–Crippen MR) is 131 cm³/mol. The molecule has 0 aliphatic heterocycles. The van der Waals surface area contributed by atoms with Crippen molar-refractivity contribution in [2.75, 3.05) is 6.54 Å². The van der Waals surface area contributed by atoms with Crippen molar-refractivity contribution in [3.63, 3.8) is 0 Å². The first-order valence-corrected chi connectivity index (χ1v) is 11.9. The first-order valence-electron chi connectivity index (χ1n) is 11.9. The molecule has 196 valence electrons. The number of unbranched alkanes of at least 4 members (excludes halogenated alkanes) is 1. The summed E-state index contributed by atoms with van der Waals surface area (Å²) in [6.45, 7) is 5.44. The van der Waals surface area contributed by atoms with Crippen molar-refractivity contribution in [1.82, 2.24) is 16.0 Å². The monoisotopic (exact) mass is 493 g/mol. The van der Waals surface area contributed by atoms with Gasteiger partial charge in [-0.3, -0.25) is 14.4 Å². The Bertz CT molecular complexity index is 847. The van der Waals surface area contributed by atoms with E-state index in [0.717, 1.165) is 6.42 Å². The zero-order valence-electron chi connectivity index (χ0n) is 20.6. The lowest BCUT2D eigenvalue weighted by Gasteiger charge is -2.25. The number of hydrogen-bond acceptors (Lipinski definition) is 7. The minimum Gasteiger partial charge on any atom is -0.508 e. The molecule has 0 fully saturated rings. The molecule has 0 heterocycles. The van der Waals surface area contributed by atoms with E-state index >= 15 is 0 Å². The van der Waals surface area contributed by atoms with Gasteiger partial charge in [-0.05, 0) is 49.9 Å². The Kier molecular flexibility index (Phi) is 12.7. The summed E-state index contributed by atoms with van der Waals surface area (Å²) in [5.74, 6) is -3.20. The molecule has 0 spiro atoms. The maximum Gasteiger partial charge on any atom is 0.326 e. The molecule has 1 aromatic carbocycles. The fraction of sp³-hybridized carbons (Fsp3) is 0.583. The summed E-state index contributed by atoms with van der Waals surface area (Å²) >= 11 is 0. The van der Waals surface area contributed by atoms with Gasteiger partial charge in [0.2, 0.25) is 17.7 Å². The van der Waals surface area contributed by atoms with Gasteiger partial charge in [0.05, 0.1) is 6.04 Å². The highest BCUT2D eigenvalue weighted by Crippen LogP contribution is 2.12. The zero-order chi connectivity index (χ0) is 26.5. The number of carboxylic acids is 1. The molecular weight excluding hydrogens is 454 g/mol. The summed E-state index contributed by atoms with van der Waals surface area (Å²) in [5.41, 5.74) is 12.1. The molecule has 5 unspecified atom stereocenters. The Hall–Kier alpha value is -3.18. The van der Waals surface area contributed by atoms with Gasteiger partial charge >= 0.3 is 5.97 Å². The van der Waals surface area contributed by atoms with Gasteiger partial charge in [-0.1, -0.05) is 38.8 Å². The average Bonchev–Trinajstić information content (AvgIpc) is 2.82. The van der Waals surface area contributed by atoms with Crippen LogP contribution in [-0.4, -0.2) is 64.6 Å². The predicted octanol–water partition coefficient (Wildman–Crippen LogP) is -0.00400. The van der Waals surface area contributed by atoms with E-state index in [1.165, 1.54) is 19.1 Å². The lowest BCUT2D eigenvalue weighted by atomic mass is 9.99. The number of phenols is 1. The molecule has 1 aromatic rings. The van der Waals surface area contributed by atoms with Crippen LogP contribution in [0.4, 0.5) is 0 Å². The number of carbonyl (C=O) groups excluding carboxylic acids is 3. The molecule has 11 nitrogen and oxygen atoms in total. The van der Waals surface area contributed by atoms with Crippen molar-refractivity contribution in [2.24, 2.45) is 17.4 Å². The molecule has 35 heavy (non-hydrogen) atoms. The van der Waals surface area contributed by atoms with Crippen LogP contribution in [0.1, 0.15) is 52.0 Å². The molecule has 1 rings (SSSR count). The molecule has 0 bridgehead atoms. The van der Waals surface area contributed by atoms with E-state index in [4.69, 9.17) is 11.5 Å². The molecule has 0 saturated heterocycles. The highest BCUT2D eigenvalue weighted by Gasteiger charge is 2.30. The van der Waals surface area contributed by atoms with Crippen molar-refractivity contribution in [3.8, 4) is 5.75 Å². The fourth-order valence-electron chi connectivity index (χ4n) is 3.34. The summed E-state index contributed by atoms with van der Waals surface area (Å²) in [6, 6.07) is 2.13. The average molecular weight is 494 g/mol. The second-order valence-corrected chi connectivity index (χ2v) is 8.76. The van der Waals surface area contributed by atoms with Crippen LogP contribution in [0.3, 0.4) is 0 Å². The van der Waals surface area contributed by atoms with E-state index < -0.39 is 47.9 Å². The smallest absolute Gasteiger partial charge is 0.326 e. The highest BCUT2D eigenvalue weighted by atomic mass is 16.4. The van der Waals surface area contributed by atoms with Gasteiger partial charge in [0.1, 0.15) is 23.9 Å². The maximum absolute atomic E-state index is 13.0. The number of nitrogens with one attached hydrogen (secondary N) is 3. The number of carboxylic acid groups (broad SMARTS) is 1. The van der Waals surface area contributed by atoms with E-state index in [-0.39, 0.29) is 18.1 Å². The van der Waals surface area contributed by atoms with Crippen LogP contribution in [0.2, 0.25) is 0 Å². The van der Waals surface area contributed by atoms with E-state index in [1.807, 2.05) is 6.92 Å². The standard InChI is InChI=1S/C24H39N5O6/c1-4-14(2)20(24(34)35)29-21(31)15(3)27-23(33)19(13-16-8-10-17(30)11-9-16)28-22(32)18(26)7-5-6-12-25/h8-11,14-15,18-20,30H,4-7,12-13,25-26H2,1-3H3,(H,27,33)(H,28,32)(H,29,31)(H,34,35). The Balaban J connectivity index is 2.92. The van der Waals surface area contributed by atoms with Gasteiger partial charge in [0.25, 0.3) is 0 Å². The van der Waals surface area contributed by atoms with Gasteiger partial charge in [0, 0.05) is 6.42 Å². The molecule has 0 saturated carbocycles. The van der Waals surface area contributed by atoms with Crippen LogP contribution in [-0.2, 0) is 25.6 Å². The first-order chi connectivity index (χ1) is 16.5. The Morgan fingerprint density at radius 3 is 2.11 bits per heavy atom. The summed E-state index contributed by atoms with van der Waals surface area (Å²) in [5, 5.41) is 26.6. The topological polar surface area (TPSA) is 197 Å². The lowest BCUT2D eigenvalue weighted by Crippen LogP contribution is -2.57. The minimum atomic E-state index is -1.16. The molecule has 0 aliphatic carbocycles. The Morgan fingerprint density at radius 2 is 1.57 bits per heavy atom. The van der Waals surface area contributed by atoms with E-state index in [1.54, 1.807) is 19.1 Å². The van der Waals surface area contributed by atoms with Crippen molar-refractivity contribution in [1.29, 1.82) is 0 Å². The van der Waals surface area contributed by atoms with Crippen molar-refractivity contribution in [2.45, 2.75) is 77.0 Å². The van der Waals surface area contributed by atoms with Crippen LogP contribution < -0.4 is 27.4 Å². The van der Waals surface area contributed by atoms with Gasteiger partial charge in [0.15, 0.2) is 0 Å². The number of benzene rings is 1. The number of carbonyl (C=O) groups is 4. The molecule has 9 N–H and O–H groups in total. The van der Waals surface area contributed by atoms with Crippen LogP contribution in [0.15, 0.2) is 24.3 Å². The second kappa shape index (κ2) is 14.9. The third-order valence-electron chi connectivity index (χ3n) is 5.84. The molecule has 11 heteroatoms. The van der Waals surface area contributed by atoms with Crippen LogP contribution in [0.5, 0.6) is 5.75 Å². The number of rotatable bonds is 15. The summed E-state index contributed by atoms with van der Waals surface area (Å²) < 4.78 is 0. The molecule has 0 aromatic heterocycles. The van der Waals surface area contributed by atoms with Crippen LogP contribution >= 0.6 is 0 Å². The van der Waals surface area contributed by atoms with Crippen LogP contribution in [0.25, 0.3) is 0 Å². The zero-order valence-corrected chi connectivity index (χ0v) is 20.6.